The Balaban J connectivity index is 2.80. The van der Waals surface area contributed by atoms with Crippen LogP contribution in [0.15, 0.2) is 11.6 Å². The van der Waals surface area contributed by atoms with Crippen LogP contribution < -0.4 is 0 Å². The van der Waals surface area contributed by atoms with Crippen molar-refractivity contribution in [3.05, 3.63) is 11.6 Å². The highest BCUT2D eigenvalue weighted by Crippen LogP contribution is 2.31. The van der Waals surface area contributed by atoms with Crippen LogP contribution in [0.3, 0.4) is 0 Å². The lowest BCUT2D eigenvalue weighted by atomic mass is 10.1. The Labute approximate surface area is 68.3 Å². The number of hydrogen-bond donors (Lipinski definition) is 0. The number of alkyl halides is 3. The summed E-state index contributed by atoms with van der Waals surface area (Å²) in [5, 5.41) is 0. The van der Waals surface area contributed by atoms with E-state index in [0.29, 0.717) is 12.8 Å². The molecule has 0 atom stereocenters. The molecule has 0 aliphatic heterocycles. The first-order chi connectivity index (χ1) is 5.50. The van der Waals surface area contributed by atoms with Gasteiger partial charge in [0.15, 0.2) is 5.78 Å². The number of ketones is 1. The van der Waals surface area contributed by atoms with Gasteiger partial charge in [-0.3, -0.25) is 4.79 Å². The number of halogens is 3. The molecule has 0 heterocycles. The first kappa shape index (κ1) is 9.29. The van der Waals surface area contributed by atoms with Gasteiger partial charge in [0.1, 0.15) is 0 Å². The molecule has 0 unspecified atom stereocenters. The summed E-state index contributed by atoms with van der Waals surface area (Å²) in [6.07, 6.45) is -2.33. The average molecular weight is 178 g/mol. The molecule has 1 aliphatic rings. The lowest BCUT2D eigenvalue weighted by molar-refractivity contribution is -0.116. The number of carbonyl (C=O) groups excluding carboxylic acids is 1. The van der Waals surface area contributed by atoms with Crippen LogP contribution in [0.25, 0.3) is 0 Å². The topological polar surface area (TPSA) is 17.1 Å². The van der Waals surface area contributed by atoms with Crippen molar-refractivity contribution in [2.45, 2.75) is 31.9 Å². The summed E-state index contributed by atoms with van der Waals surface area (Å²) in [5.74, 6) is -0.403. The number of rotatable bonds is 0. The normalized spacial score (nSPS) is 20.2. The van der Waals surface area contributed by atoms with E-state index in [4.69, 9.17) is 0 Å². The Morgan fingerprint density at radius 2 is 1.75 bits per heavy atom. The minimum Gasteiger partial charge on any atom is -0.295 e. The summed E-state index contributed by atoms with van der Waals surface area (Å²) in [7, 11) is 0. The predicted octanol–water partition coefficient (Wildman–Crippen LogP) is 2.62. The van der Waals surface area contributed by atoms with Crippen LogP contribution in [0, 0.1) is 0 Å². The maximum atomic E-state index is 12.1. The summed E-state index contributed by atoms with van der Waals surface area (Å²) in [4.78, 5) is 10.8. The summed E-state index contributed by atoms with van der Waals surface area (Å²) in [6.45, 7) is 0. The monoisotopic (exact) mass is 178 g/mol. The second-order valence-electron chi connectivity index (χ2n) is 2.84. The summed E-state index contributed by atoms with van der Waals surface area (Å²) >= 11 is 0. The molecule has 0 aromatic heterocycles. The Hall–Kier alpha value is -0.800. The molecule has 0 saturated heterocycles. The van der Waals surface area contributed by atoms with Crippen molar-refractivity contribution < 1.29 is 18.0 Å². The second-order valence-corrected chi connectivity index (χ2v) is 2.84. The molecule has 0 amide bonds. The summed E-state index contributed by atoms with van der Waals surface area (Å²) < 4.78 is 36.2. The van der Waals surface area contributed by atoms with Gasteiger partial charge in [-0.2, -0.15) is 13.2 Å². The van der Waals surface area contributed by atoms with Crippen molar-refractivity contribution in [3.63, 3.8) is 0 Å². The molecule has 0 spiro atoms. The summed E-state index contributed by atoms with van der Waals surface area (Å²) in [5.41, 5.74) is -0.676. The van der Waals surface area contributed by atoms with E-state index in [1.54, 1.807) is 0 Å². The quantitative estimate of drug-likeness (QED) is 0.557. The third-order valence-electron chi connectivity index (χ3n) is 1.82. The maximum absolute atomic E-state index is 12.1. The lowest BCUT2D eigenvalue weighted by Crippen LogP contribution is -2.12. The average Bonchev–Trinajstić information content (AvgIpc) is 2.11. The molecule has 12 heavy (non-hydrogen) atoms. The van der Waals surface area contributed by atoms with E-state index in [-0.39, 0.29) is 12.8 Å². The van der Waals surface area contributed by atoms with Crippen LogP contribution in [0.1, 0.15) is 25.7 Å². The Morgan fingerprint density at radius 1 is 1.17 bits per heavy atom. The van der Waals surface area contributed by atoms with Gasteiger partial charge in [0.25, 0.3) is 0 Å². The van der Waals surface area contributed by atoms with E-state index in [1.807, 2.05) is 0 Å². The van der Waals surface area contributed by atoms with Gasteiger partial charge in [0, 0.05) is 12.0 Å². The zero-order valence-corrected chi connectivity index (χ0v) is 6.45. The number of allylic oxidation sites excluding steroid dienone is 2. The van der Waals surface area contributed by atoms with Crippen LogP contribution in [0.2, 0.25) is 0 Å². The van der Waals surface area contributed by atoms with E-state index in [9.17, 15) is 18.0 Å². The molecule has 0 aromatic rings. The highest BCUT2D eigenvalue weighted by atomic mass is 19.4. The minimum absolute atomic E-state index is 0.0186. The van der Waals surface area contributed by atoms with E-state index < -0.39 is 17.5 Å². The fourth-order valence-corrected chi connectivity index (χ4v) is 1.18. The van der Waals surface area contributed by atoms with Gasteiger partial charge < -0.3 is 0 Å². The Kier molecular flexibility index (Phi) is 2.55. The van der Waals surface area contributed by atoms with Crippen LogP contribution in [-0.4, -0.2) is 12.0 Å². The fourth-order valence-electron chi connectivity index (χ4n) is 1.18. The molecule has 68 valence electrons. The molecule has 1 aliphatic carbocycles. The number of hydrogen-bond acceptors (Lipinski definition) is 1. The Morgan fingerprint density at radius 3 is 2.33 bits per heavy atom. The molecule has 0 bridgehead atoms. The second kappa shape index (κ2) is 3.29. The van der Waals surface area contributed by atoms with Crippen LogP contribution in [-0.2, 0) is 4.79 Å². The van der Waals surface area contributed by atoms with E-state index in [0.717, 1.165) is 6.08 Å². The zero-order valence-electron chi connectivity index (χ0n) is 6.45. The SMILES string of the molecule is O=C1C=C(C(F)(F)F)CCCC1. The van der Waals surface area contributed by atoms with E-state index >= 15 is 0 Å². The van der Waals surface area contributed by atoms with E-state index in [1.165, 1.54) is 0 Å². The molecule has 0 saturated carbocycles. The van der Waals surface area contributed by atoms with Crippen molar-refractivity contribution in [2.24, 2.45) is 0 Å². The van der Waals surface area contributed by atoms with Gasteiger partial charge in [0.2, 0.25) is 0 Å². The molecule has 1 nitrogen and oxygen atoms in total. The van der Waals surface area contributed by atoms with Crippen molar-refractivity contribution in [1.82, 2.24) is 0 Å². The maximum Gasteiger partial charge on any atom is 0.412 e. The molecule has 0 fully saturated rings. The van der Waals surface area contributed by atoms with Gasteiger partial charge in [0.05, 0.1) is 0 Å². The molecular formula is C8H9F3O. The van der Waals surface area contributed by atoms with Crippen molar-refractivity contribution in [1.29, 1.82) is 0 Å². The lowest BCUT2D eigenvalue weighted by Gasteiger charge is -2.08. The number of carbonyl (C=O) groups is 1. The predicted molar refractivity (Wildman–Crippen MR) is 37.6 cm³/mol. The molecule has 0 N–H and O–H groups in total. The third kappa shape index (κ3) is 2.36. The third-order valence-corrected chi connectivity index (χ3v) is 1.82. The first-order valence-electron chi connectivity index (χ1n) is 3.81. The molecule has 1 rings (SSSR count). The molecule has 4 heteroatoms. The highest BCUT2D eigenvalue weighted by Gasteiger charge is 2.34. The molecule has 0 radical (unpaired) electrons. The highest BCUT2D eigenvalue weighted by molar-refractivity contribution is 5.90. The first-order valence-corrected chi connectivity index (χ1v) is 3.81. The standard InChI is InChI=1S/C8H9F3O/c9-8(10,11)6-3-1-2-4-7(12)5-6/h5H,1-4H2. The minimum atomic E-state index is -4.32. The summed E-state index contributed by atoms with van der Waals surface area (Å²) in [6, 6.07) is 0. The van der Waals surface area contributed by atoms with E-state index in [2.05, 4.69) is 0 Å². The van der Waals surface area contributed by atoms with Gasteiger partial charge in [-0.25, -0.2) is 0 Å². The van der Waals surface area contributed by atoms with Crippen LogP contribution in [0.4, 0.5) is 13.2 Å². The van der Waals surface area contributed by atoms with Crippen LogP contribution in [0.5, 0.6) is 0 Å². The van der Waals surface area contributed by atoms with Gasteiger partial charge in [-0.1, -0.05) is 0 Å². The van der Waals surface area contributed by atoms with Gasteiger partial charge in [-0.15, -0.1) is 0 Å². The van der Waals surface area contributed by atoms with Crippen molar-refractivity contribution in [2.75, 3.05) is 0 Å². The molecular weight excluding hydrogens is 169 g/mol. The molecule has 0 aromatic carbocycles. The van der Waals surface area contributed by atoms with Gasteiger partial charge in [-0.05, 0) is 25.3 Å². The smallest absolute Gasteiger partial charge is 0.295 e. The zero-order chi connectivity index (χ0) is 9.19. The Bertz CT molecular complexity index is 215. The fraction of sp³-hybridized carbons (Fsp3) is 0.625. The van der Waals surface area contributed by atoms with Crippen molar-refractivity contribution in [3.8, 4) is 0 Å². The van der Waals surface area contributed by atoms with Crippen molar-refractivity contribution >= 4 is 5.78 Å². The largest absolute Gasteiger partial charge is 0.412 e. The van der Waals surface area contributed by atoms with Gasteiger partial charge >= 0.3 is 6.18 Å². The van der Waals surface area contributed by atoms with Crippen LogP contribution >= 0.6 is 0 Å².